The van der Waals surface area contributed by atoms with E-state index in [0.29, 0.717) is 18.4 Å². The van der Waals surface area contributed by atoms with Crippen LogP contribution in [0.1, 0.15) is 37.8 Å². The van der Waals surface area contributed by atoms with Crippen molar-refractivity contribution in [3.8, 4) is 0 Å². The second-order valence-corrected chi connectivity index (χ2v) is 12.5. The first-order valence-corrected chi connectivity index (χ1v) is 14.7. The Balaban J connectivity index is 1.49. The highest BCUT2D eigenvalue weighted by Gasteiger charge is 2.42. The predicted octanol–water partition coefficient (Wildman–Crippen LogP) is 2.43. The van der Waals surface area contributed by atoms with E-state index in [1.54, 1.807) is 12.1 Å². The second-order valence-electron chi connectivity index (χ2n) is 10.6. The van der Waals surface area contributed by atoms with Crippen LogP contribution in [0, 0.1) is 5.92 Å². The standard InChI is InChI=1S/C28H38N2O8S/c1-19(2)15-30(39(34,35)23-10-8-21(17-31)9-11-23)16-25(32)24(12-20-6-4-3-5-7-20)29-28(33)38-22-13-26-27(14-22)37-18-36-26/h3-11,19,22,24-27,31-32H,12-18H2,1-2H3,(H,29,33)/t22?,24-,25+,26+,27?/m0/s1. The van der Waals surface area contributed by atoms with Gasteiger partial charge in [0.25, 0.3) is 0 Å². The van der Waals surface area contributed by atoms with Gasteiger partial charge in [-0.05, 0) is 35.6 Å². The van der Waals surface area contributed by atoms with Gasteiger partial charge in [0, 0.05) is 25.9 Å². The number of alkyl carbamates (subject to hydrolysis) is 1. The van der Waals surface area contributed by atoms with Gasteiger partial charge < -0.3 is 29.7 Å². The third-order valence-electron chi connectivity index (χ3n) is 7.01. The second kappa shape index (κ2) is 13.2. The van der Waals surface area contributed by atoms with Crippen molar-refractivity contribution in [2.75, 3.05) is 19.9 Å². The molecule has 2 aliphatic rings. The molecule has 0 radical (unpaired) electrons. The molecule has 0 spiro atoms. The minimum atomic E-state index is -3.96. The van der Waals surface area contributed by atoms with Crippen LogP contribution in [0.3, 0.4) is 0 Å². The zero-order chi connectivity index (χ0) is 28.0. The molecule has 11 heteroatoms. The maximum atomic E-state index is 13.5. The molecule has 4 rings (SSSR count). The summed E-state index contributed by atoms with van der Waals surface area (Å²) in [4.78, 5) is 13.0. The highest BCUT2D eigenvalue weighted by atomic mass is 32.2. The zero-order valence-electron chi connectivity index (χ0n) is 22.3. The molecule has 2 aromatic carbocycles. The summed E-state index contributed by atoms with van der Waals surface area (Å²) in [5, 5.41) is 23.4. The number of hydrogen-bond acceptors (Lipinski definition) is 8. The van der Waals surface area contributed by atoms with Gasteiger partial charge in [0.2, 0.25) is 10.0 Å². The highest BCUT2D eigenvalue weighted by Crippen LogP contribution is 2.31. The number of aliphatic hydroxyl groups excluding tert-OH is 2. The van der Waals surface area contributed by atoms with Crippen molar-refractivity contribution in [1.82, 2.24) is 9.62 Å². The number of aliphatic hydroxyl groups is 2. The zero-order valence-corrected chi connectivity index (χ0v) is 23.1. The molecule has 1 aliphatic heterocycles. The number of hydrogen-bond donors (Lipinski definition) is 3. The number of rotatable bonds is 12. The monoisotopic (exact) mass is 562 g/mol. The van der Waals surface area contributed by atoms with Gasteiger partial charge in [-0.25, -0.2) is 13.2 Å². The Morgan fingerprint density at radius 3 is 2.26 bits per heavy atom. The van der Waals surface area contributed by atoms with Gasteiger partial charge in [-0.2, -0.15) is 4.31 Å². The average Bonchev–Trinajstić information content (AvgIpc) is 3.50. The van der Waals surface area contributed by atoms with Crippen LogP contribution in [0.2, 0.25) is 0 Å². The van der Waals surface area contributed by atoms with Crippen molar-refractivity contribution < 1.29 is 37.6 Å². The fourth-order valence-corrected chi connectivity index (χ4v) is 6.62. The first-order chi connectivity index (χ1) is 18.7. The molecule has 2 fully saturated rings. The van der Waals surface area contributed by atoms with Crippen molar-refractivity contribution in [3.05, 3.63) is 65.7 Å². The van der Waals surface area contributed by atoms with E-state index >= 15 is 0 Å². The molecule has 2 aromatic rings. The molecular weight excluding hydrogens is 524 g/mol. The summed E-state index contributed by atoms with van der Waals surface area (Å²) in [7, 11) is -3.96. The predicted molar refractivity (Wildman–Crippen MR) is 143 cm³/mol. The lowest BCUT2D eigenvalue weighted by Crippen LogP contribution is -2.51. The van der Waals surface area contributed by atoms with Crippen molar-refractivity contribution in [3.63, 3.8) is 0 Å². The molecule has 5 atom stereocenters. The van der Waals surface area contributed by atoms with Crippen molar-refractivity contribution in [2.45, 2.75) is 75.1 Å². The van der Waals surface area contributed by atoms with Crippen molar-refractivity contribution in [1.29, 1.82) is 0 Å². The normalized spacial score (nSPS) is 22.6. The van der Waals surface area contributed by atoms with Gasteiger partial charge in [-0.3, -0.25) is 0 Å². The quantitative estimate of drug-likeness (QED) is 0.359. The third-order valence-corrected chi connectivity index (χ3v) is 8.86. The molecular formula is C28H38N2O8S. The minimum absolute atomic E-state index is 0.0135. The summed E-state index contributed by atoms with van der Waals surface area (Å²) in [6, 6.07) is 14.5. The average molecular weight is 563 g/mol. The molecule has 0 bridgehead atoms. The molecule has 2 unspecified atom stereocenters. The smallest absolute Gasteiger partial charge is 0.407 e. The van der Waals surface area contributed by atoms with E-state index in [4.69, 9.17) is 14.2 Å². The number of fused-ring (bicyclic) bond motifs is 1. The van der Waals surface area contributed by atoms with E-state index in [1.165, 1.54) is 16.4 Å². The van der Waals surface area contributed by atoms with Gasteiger partial charge in [-0.15, -0.1) is 0 Å². The van der Waals surface area contributed by atoms with Gasteiger partial charge in [-0.1, -0.05) is 56.3 Å². The van der Waals surface area contributed by atoms with Crippen LogP contribution in [-0.2, 0) is 37.3 Å². The van der Waals surface area contributed by atoms with E-state index in [0.717, 1.165) is 5.56 Å². The highest BCUT2D eigenvalue weighted by molar-refractivity contribution is 7.89. The Morgan fingerprint density at radius 1 is 1.03 bits per heavy atom. The number of benzene rings is 2. The summed E-state index contributed by atoms with van der Waals surface area (Å²) in [5.74, 6) is -0.0135. The van der Waals surface area contributed by atoms with Crippen LogP contribution in [-0.4, -0.2) is 79.4 Å². The van der Waals surface area contributed by atoms with Crippen molar-refractivity contribution in [2.24, 2.45) is 5.92 Å². The number of nitrogens with zero attached hydrogens (tertiary/aromatic N) is 1. The molecule has 1 saturated carbocycles. The summed E-state index contributed by atoms with van der Waals surface area (Å²) >= 11 is 0. The van der Waals surface area contributed by atoms with Crippen LogP contribution < -0.4 is 5.32 Å². The van der Waals surface area contributed by atoms with Crippen molar-refractivity contribution >= 4 is 16.1 Å². The molecule has 10 nitrogen and oxygen atoms in total. The summed E-state index contributed by atoms with van der Waals surface area (Å²) in [6.07, 6.45) is -1.09. The van der Waals surface area contributed by atoms with Crippen LogP contribution >= 0.6 is 0 Å². The molecule has 214 valence electrons. The molecule has 1 heterocycles. The number of carbonyl (C=O) groups excluding carboxylic acids is 1. The van der Waals surface area contributed by atoms with Gasteiger partial charge in [0.05, 0.1) is 35.9 Å². The Morgan fingerprint density at radius 2 is 1.67 bits per heavy atom. The largest absolute Gasteiger partial charge is 0.446 e. The van der Waals surface area contributed by atoms with Gasteiger partial charge in [0.15, 0.2) is 0 Å². The minimum Gasteiger partial charge on any atom is -0.446 e. The van der Waals surface area contributed by atoms with E-state index < -0.39 is 28.3 Å². The van der Waals surface area contributed by atoms with Gasteiger partial charge in [0.1, 0.15) is 12.9 Å². The maximum Gasteiger partial charge on any atom is 0.407 e. The summed E-state index contributed by atoms with van der Waals surface area (Å²) in [5.41, 5.74) is 1.47. The SMILES string of the molecule is CC(C)CN(C[C@@H](O)[C@H](Cc1ccccc1)NC(=O)OC1CC2OCO[C@@H]2C1)S(=O)(=O)c1ccc(CO)cc1. The van der Waals surface area contributed by atoms with Crippen LogP contribution in [0.5, 0.6) is 0 Å². The summed E-state index contributed by atoms with van der Waals surface area (Å²) in [6.45, 7) is 3.79. The summed E-state index contributed by atoms with van der Waals surface area (Å²) < 4.78 is 45.0. The Bertz CT molecular complexity index is 1160. The number of nitrogens with one attached hydrogen (secondary N) is 1. The van der Waals surface area contributed by atoms with Gasteiger partial charge >= 0.3 is 6.09 Å². The number of amides is 1. The molecule has 1 saturated heterocycles. The van der Waals surface area contributed by atoms with E-state index in [1.807, 2.05) is 44.2 Å². The van der Waals surface area contributed by atoms with Crippen LogP contribution in [0.15, 0.2) is 59.5 Å². The fraction of sp³-hybridized carbons (Fsp3) is 0.536. The number of ether oxygens (including phenoxy) is 3. The molecule has 0 aromatic heterocycles. The lowest BCUT2D eigenvalue weighted by molar-refractivity contribution is 0.00201. The molecule has 1 amide bonds. The topological polar surface area (TPSA) is 135 Å². The Hall–Kier alpha value is -2.54. The lowest BCUT2D eigenvalue weighted by Gasteiger charge is -2.31. The first kappa shape index (κ1) is 29.4. The third kappa shape index (κ3) is 7.77. The number of carbonyl (C=O) groups is 1. The first-order valence-electron chi connectivity index (χ1n) is 13.3. The van der Waals surface area contributed by atoms with Crippen LogP contribution in [0.25, 0.3) is 0 Å². The Labute approximate surface area is 229 Å². The molecule has 1 aliphatic carbocycles. The maximum absolute atomic E-state index is 13.5. The van der Waals surface area contributed by atoms with E-state index in [-0.39, 0.29) is 62.0 Å². The lowest BCUT2D eigenvalue weighted by atomic mass is 10.0. The fourth-order valence-electron chi connectivity index (χ4n) is 5.00. The number of sulfonamides is 1. The van der Waals surface area contributed by atoms with E-state index in [2.05, 4.69) is 5.32 Å². The van der Waals surface area contributed by atoms with Crippen LogP contribution in [0.4, 0.5) is 4.79 Å². The Kier molecular flexibility index (Phi) is 9.97. The molecule has 3 N–H and O–H groups in total. The van der Waals surface area contributed by atoms with E-state index in [9.17, 15) is 23.4 Å². The molecule has 39 heavy (non-hydrogen) atoms.